The zero-order valence-corrected chi connectivity index (χ0v) is 11.0. The van der Waals surface area contributed by atoms with Gasteiger partial charge in [-0.05, 0) is 35.6 Å². The van der Waals surface area contributed by atoms with Crippen LogP contribution in [0.2, 0.25) is 0 Å². The number of hydrogen-bond donors (Lipinski definition) is 2. The van der Waals surface area contributed by atoms with Crippen LogP contribution in [0, 0.1) is 18.2 Å². The van der Waals surface area contributed by atoms with Gasteiger partial charge < -0.3 is 10.8 Å². The number of benzene rings is 1. The van der Waals surface area contributed by atoms with Crippen molar-refractivity contribution in [1.82, 2.24) is 0 Å². The molecule has 1 aromatic carbocycles. The van der Waals surface area contributed by atoms with E-state index in [1.807, 2.05) is 27.7 Å². The average Bonchev–Trinajstić information content (AvgIpc) is 2.21. The third kappa shape index (κ3) is 3.05. The van der Waals surface area contributed by atoms with Gasteiger partial charge in [-0.1, -0.05) is 26.8 Å². The monoisotopic (exact) mass is 239 g/mol. The molecule has 1 aromatic rings. The summed E-state index contributed by atoms with van der Waals surface area (Å²) in [7, 11) is 0. The third-order valence-electron chi connectivity index (χ3n) is 3.53. The Kier molecular flexibility index (Phi) is 3.95. The summed E-state index contributed by atoms with van der Waals surface area (Å²) < 4.78 is 13.2. The number of aryl methyl sites for hydroxylation is 1. The molecule has 0 aromatic heterocycles. The van der Waals surface area contributed by atoms with Crippen molar-refractivity contribution in [3.05, 3.63) is 35.1 Å². The van der Waals surface area contributed by atoms with Gasteiger partial charge in [0.1, 0.15) is 5.82 Å². The highest BCUT2D eigenvalue weighted by molar-refractivity contribution is 5.28. The topological polar surface area (TPSA) is 46.2 Å². The van der Waals surface area contributed by atoms with Crippen molar-refractivity contribution >= 4 is 0 Å². The van der Waals surface area contributed by atoms with Gasteiger partial charge in [0.15, 0.2) is 0 Å². The second kappa shape index (κ2) is 4.75. The van der Waals surface area contributed by atoms with Crippen molar-refractivity contribution < 1.29 is 9.50 Å². The largest absolute Gasteiger partial charge is 0.388 e. The Morgan fingerprint density at radius 3 is 2.35 bits per heavy atom. The van der Waals surface area contributed by atoms with E-state index in [-0.39, 0.29) is 17.8 Å². The molecule has 96 valence electrons. The Balaban J connectivity index is 3.07. The van der Waals surface area contributed by atoms with Gasteiger partial charge >= 0.3 is 0 Å². The van der Waals surface area contributed by atoms with Gasteiger partial charge in [0, 0.05) is 13.0 Å². The molecular formula is C14H22FNO. The first kappa shape index (κ1) is 14.1. The summed E-state index contributed by atoms with van der Waals surface area (Å²) in [6, 6.07) is 4.63. The zero-order chi connectivity index (χ0) is 13.3. The molecule has 0 saturated carbocycles. The lowest BCUT2D eigenvalue weighted by molar-refractivity contribution is -0.0491. The maximum Gasteiger partial charge on any atom is 0.123 e. The first-order chi connectivity index (χ1) is 7.69. The standard InChI is InChI=1S/C14H22FNO/c1-10-5-6-12(15)7-11(10)8-14(17,9-16)13(2,3)4/h5-7,17H,8-9,16H2,1-4H3. The van der Waals surface area contributed by atoms with E-state index in [0.29, 0.717) is 6.42 Å². The highest BCUT2D eigenvalue weighted by atomic mass is 19.1. The van der Waals surface area contributed by atoms with E-state index in [2.05, 4.69) is 0 Å². The van der Waals surface area contributed by atoms with Crippen LogP contribution >= 0.6 is 0 Å². The Hall–Kier alpha value is -0.930. The van der Waals surface area contributed by atoms with Crippen LogP contribution in [0.4, 0.5) is 4.39 Å². The van der Waals surface area contributed by atoms with Crippen molar-refractivity contribution in [3.8, 4) is 0 Å². The minimum absolute atomic E-state index is 0.159. The van der Waals surface area contributed by atoms with Gasteiger partial charge in [-0.3, -0.25) is 0 Å². The maximum atomic E-state index is 13.2. The van der Waals surface area contributed by atoms with Crippen LogP contribution in [0.5, 0.6) is 0 Å². The van der Waals surface area contributed by atoms with Crippen molar-refractivity contribution in [2.75, 3.05) is 6.54 Å². The molecule has 0 spiro atoms. The summed E-state index contributed by atoms with van der Waals surface area (Å²) in [6.07, 6.45) is 0.372. The highest BCUT2D eigenvalue weighted by Gasteiger charge is 2.39. The van der Waals surface area contributed by atoms with Crippen molar-refractivity contribution in [3.63, 3.8) is 0 Å². The van der Waals surface area contributed by atoms with Crippen LogP contribution in [0.3, 0.4) is 0 Å². The molecule has 2 nitrogen and oxygen atoms in total. The van der Waals surface area contributed by atoms with Crippen LogP contribution in [0.15, 0.2) is 18.2 Å². The van der Waals surface area contributed by atoms with Gasteiger partial charge in [0.25, 0.3) is 0 Å². The van der Waals surface area contributed by atoms with E-state index in [1.165, 1.54) is 12.1 Å². The van der Waals surface area contributed by atoms with Crippen LogP contribution in [0.1, 0.15) is 31.9 Å². The van der Waals surface area contributed by atoms with E-state index in [9.17, 15) is 9.50 Å². The molecule has 0 heterocycles. The van der Waals surface area contributed by atoms with Crippen LogP contribution < -0.4 is 5.73 Å². The van der Waals surface area contributed by atoms with E-state index in [1.54, 1.807) is 6.07 Å². The number of hydrogen-bond acceptors (Lipinski definition) is 2. The van der Waals surface area contributed by atoms with Crippen molar-refractivity contribution in [2.45, 2.75) is 39.7 Å². The number of aliphatic hydroxyl groups is 1. The lowest BCUT2D eigenvalue weighted by atomic mass is 9.72. The van der Waals surface area contributed by atoms with E-state index < -0.39 is 5.60 Å². The molecule has 0 radical (unpaired) electrons. The van der Waals surface area contributed by atoms with E-state index >= 15 is 0 Å². The summed E-state index contributed by atoms with van der Waals surface area (Å²) in [5.74, 6) is -0.279. The van der Waals surface area contributed by atoms with E-state index in [4.69, 9.17) is 5.73 Å². The lowest BCUT2D eigenvalue weighted by Crippen LogP contribution is -2.51. The SMILES string of the molecule is Cc1ccc(F)cc1CC(O)(CN)C(C)(C)C. The summed E-state index contributed by atoms with van der Waals surface area (Å²) in [4.78, 5) is 0. The Morgan fingerprint density at radius 2 is 1.88 bits per heavy atom. The molecule has 3 heteroatoms. The molecule has 1 atom stereocenters. The first-order valence-electron chi connectivity index (χ1n) is 5.87. The summed E-state index contributed by atoms with van der Waals surface area (Å²) in [5.41, 5.74) is 6.10. The number of nitrogens with two attached hydrogens (primary N) is 1. The van der Waals surface area contributed by atoms with Gasteiger partial charge in [0.05, 0.1) is 5.60 Å². The molecule has 17 heavy (non-hydrogen) atoms. The van der Waals surface area contributed by atoms with Crippen LogP contribution in [0.25, 0.3) is 0 Å². The van der Waals surface area contributed by atoms with Gasteiger partial charge in [-0.25, -0.2) is 4.39 Å². The normalized spacial score (nSPS) is 15.7. The highest BCUT2D eigenvalue weighted by Crippen LogP contribution is 2.33. The lowest BCUT2D eigenvalue weighted by Gasteiger charge is -2.40. The predicted molar refractivity (Wildman–Crippen MR) is 68.3 cm³/mol. The molecular weight excluding hydrogens is 217 g/mol. The van der Waals surface area contributed by atoms with Crippen LogP contribution in [-0.4, -0.2) is 17.3 Å². The van der Waals surface area contributed by atoms with Gasteiger partial charge in [-0.2, -0.15) is 0 Å². The fourth-order valence-electron chi connectivity index (χ4n) is 1.79. The molecule has 0 amide bonds. The molecule has 0 saturated heterocycles. The zero-order valence-electron chi connectivity index (χ0n) is 11.0. The molecule has 0 aliphatic heterocycles. The van der Waals surface area contributed by atoms with Gasteiger partial charge in [-0.15, -0.1) is 0 Å². The molecule has 3 N–H and O–H groups in total. The Bertz CT molecular complexity index is 398. The molecule has 0 aliphatic carbocycles. The van der Waals surface area contributed by atoms with E-state index in [0.717, 1.165) is 11.1 Å². The second-order valence-corrected chi connectivity index (χ2v) is 5.73. The Labute approximate surface area is 103 Å². The predicted octanol–water partition coefficient (Wildman–Crippen LogP) is 2.41. The number of rotatable bonds is 3. The minimum Gasteiger partial charge on any atom is -0.388 e. The maximum absolute atomic E-state index is 13.2. The molecule has 0 bridgehead atoms. The first-order valence-corrected chi connectivity index (χ1v) is 5.87. The third-order valence-corrected chi connectivity index (χ3v) is 3.53. The molecule has 0 fully saturated rings. The smallest absolute Gasteiger partial charge is 0.123 e. The summed E-state index contributed by atoms with van der Waals surface area (Å²) in [6.45, 7) is 7.89. The minimum atomic E-state index is -1.02. The summed E-state index contributed by atoms with van der Waals surface area (Å²) >= 11 is 0. The fourth-order valence-corrected chi connectivity index (χ4v) is 1.79. The Morgan fingerprint density at radius 1 is 1.29 bits per heavy atom. The molecule has 1 unspecified atom stereocenters. The fraction of sp³-hybridized carbons (Fsp3) is 0.571. The van der Waals surface area contributed by atoms with Crippen LogP contribution in [-0.2, 0) is 6.42 Å². The van der Waals surface area contributed by atoms with Crippen molar-refractivity contribution in [1.29, 1.82) is 0 Å². The average molecular weight is 239 g/mol. The van der Waals surface area contributed by atoms with Crippen molar-refractivity contribution in [2.24, 2.45) is 11.1 Å². The number of halogens is 1. The summed E-state index contributed by atoms with van der Waals surface area (Å²) in [5, 5.41) is 10.6. The molecule has 1 rings (SSSR count). The quantitative estimate of drug-likeness (QED) is 0.851. The van der Waals surface area contributed by atoms with Gasteiger partial charge in [0.2, 0.25) is 0 Å². The molecule has 0 aliphatic rings. The second-order valence-electron chi connectivity index (χ2n) is 5.73.